The van der Waals surface area contributed by atoms with Gasteiger partial charge in [-0.3, -0.25) is 4.90 Å². The van der Waals surface area contributed by atoms with Gasteiger partial charge in [-0.25, -0.2) is 0 Å². The SMILES string of the molecule is CCCC1CCN(Cc2ccc(CN)c(OC)c2)C1. The lowest BCUT2D eigenvalue weighted by Crippen LogP contribution is -2.20. The average molecular weight is 262 g/mol. The summed E-state index contributed by atoms with van der Waals surface area (Å²) in [5.41, 5.74) is 8.11. The van der Waals surface area contributed by atoms with Crippen LogP contribution in [0.25, 0.3) is 0 Å². The summed E-state index contributed by atoms with van der Waals surface area (Å²) in [6.45, 7) is 6.31. The molecule has 0 aromatic heterocycles. The van der Waals surface area contributed by atoms with Crippen molar-refractivity contribution in [2.45, 2.75) is 39.3 Å². The summed E-state index contributed by atoms with van der Waals surface area (Å²) in [6, 6.07) is 6.40. The Kier molecular flexibility index (Phi) is 5.23. The normalized spacial score (nSPS) is 19.8. The second kappa shape index (κ2) is 6.92. The second-order valence-corrected chi connectivity index (χ2v) is 5.53. The number of likely N-dealkylation sites (tertiary alicyclic amines) is 1. The van der Waals surface area contributed by atoms with E-state index in [1.165, 1.54) is 37.9 Å². The van der Waals surface area contributed by atoms with Crippen molar-refractivity contribution in [2.75, 3.05) is 20.2 Å². The Balaban J connectivity index is 1.96. The molecular formula is C16H26N2O. The molecule has 1 aromatic carbocycles. The van der Waals surface area contributed by atoms with E-state index in [0.29, 0.717) is 6.54 Å². The van der Waals surface area contributed by atoms with Gasteiger partial charge in [0, 0.05) is 25.2 Å². The first-order valence-corrected chi connectivity index (χ1v) is 7.35. The molecular weight excluding hydrogens is 236 g/mol. The standard InChI is InChI=1S/C16H26N2O/c1-3-4-13-7-8-18(11-13)12-14-5-6-15(10-17)16(9-14)19-2/h5-6,9,13H,3-4,7-8,10-12,17H2,1-2H3. The molecule has 0 bridgehead atoms. The maximum Gasteiger partial charge on any atom is 0.123 e. The molecule has 1 aromatic rings. The Morgan fingerprint density at radius 3 is 2.95 bits per heavy atom. The Bertz CT molecular complexity index is 406. The molecule has 19 heavy (non-hydrogen) atoms. The number of benzene rings is 1. The zero-order valence-corrected chi connectivity index (χ0v) is 12.2. The van der Waals surface area contributed by atoms with Crippen molar-refractivity contribution in [3.05, 3.63) is 29.3 Å². The van der Waals surface area contributed by atoms with Crippen LogP contribution in [0.2, 0.25) is 0 Å². The molecule has 106 valence electrons. The third kappa shape index (κ3) is 3.71. The Hall–Kier alpha value is -1.06. The third-order valence-corrected chi connectivity index (χ3v) is 4.04. The van der Waals surface area contributed by atoms with Crippen molar-refractivity contribution in [1.29, 1.82) is 0 Å². The van der Waals surface area contributed by atoms with E-state index in [1.54, 1.807) is 7.11 Å². The van der Waals surface area contributed by atoms with Crippen LogP contribution in [0.3, 0.4) is 0 Å². The molecule has 1 heterocycles. The van der Waals surface area contributed by atoms with E-state index < -0.39 is 0 Å². The zero-order valence-electron chi connectivity index (χ0n) is 12.2. The number of hydrogen-bond acceptors (Lipinski definition) is 3. The summed E-state index contributed by atoms with van der Waals surface area (Å²) in [4.78, 5) is 2.55. The molecule has 2 N–H and O–H groups in total. The summed E-state index contributed by atoms with van der Waals surface area (Å²) in [6.07, 6.45) is 4.02. The van der Waals surface area contributed by atoms with E-state index >= 15 is 0 Å². The lowest BCUT2D eigenvalue weighted by atomic mass is 10.0. The van der Waals surface area contributed by atoms with Gasteiger partial charge in [0.05, 0.1) is 7.11 Å². The molecule has 1 saturated heterocycles. The van der Waals surface area contributed by atoms with Gasteiger partial charge in [0.2, 0.25) is 0 Å². The largest absolute Gasteiger partial charge is 0.496 e. The van der Waals surface area contributed by atoms with E-state index in [0.717, 1.165) is 23.8 Å². The van der Waals surface area contributed by atoms with Crippen molar-refractivity contribution in [2.24, 2.45) is 11.7 Å². The molecule has 1 fully saturated rings. The Morgan fingerprint density at radius 2 is 2.26 bits per heavy atom. The zero-order chi connectivity index (χ0) is 13.7. The summed E-state index contributed by atoms with van der Waals surface area (Å²) in [7, 11) is 1.71. The summed E-state index contributed by atoms with van der Waals surface area (Å²) >= 11 is 0. The minimum absolute atomic E-state index is 0.533. The van der Waals surface area contributed by atoms with Crippen LogP contribution in [0.15, 0.2) is 18.2 Å². The Labute approximate surface area is 116 Å². The predicted molar refractivity (Wildman–Crippen MR) is 79.2 cm³/mol. The molecule has 1 aliphatic rings. The fourth-order valence-electron chi connectivity index (χ4n) is 3.01. The first-order chi connectivity index (χ1) is 9.26. The number of ether oxygens (including phenoxy) is 1. The molecule has 1 unspecified atom stereocenters. The fourth-order valence-corrected chi connectivity index (χ4v) is 3.01. The van der Waals surface area contributed by atoms with Crippen molar-refractivity contribution in [3.8, 4) is 5.75 Å². The molecule has 0 aliphatic carbocycles. The lowest BCUT2D eigenvalue weighted by Gasteiger charge is -2.17. The van der Waals surface area contributed by atoms with Crippen LogP contribution >= 0.6 is 0 Å². The topological polar surface area (TPSA) is 38.5 Å². The van der Waals surface area contributed by atoms with Crippen LogP contribution in [0.5, 0.6) is 5.75 Å². The highest BCUT2D eigenvalue weighted by Gasteiger charge is 2.21. The van der Waals surface area contributed by atoms with Gasteiger partial charge in [0.15, 0.2) is 0 Å². The van der Waals surface area contributed by atoms with Crippen molar-refractivity contribution >= 4 is 0 Å². The van der Waals surface area contributed by atoms with Gasteiger partial charge in [-0.05, 0) is 36.9 Å². The van der Waals surface area contributed by atoms with E-state index in [4.69, 9.17) is 10.5 Å². The highest BCUT2D eigenvalue weighted by Crippen LogP contribution is 2.25. The molecule has 0 spiro atoms. The number of hydrogen-bond donors (Lipinski definition) is 1. The van der Waals surface area contributed by atoms with Gasteiger partial charge in [0.25, 0.3) is 0 Å². The van der Waals surface area contributed by atoms with Crippen molar-refractivity contribution in [3.63, 3.8) is 0 Å². The van der Waals surface area contributed by atoms with Crippen LogP contribution in [0.1, 0.15) is 37.3 Å². The maximum absolute atomic E-state index is 5.70. The predicted octanol–water partition coefficient (Wildman–Crippen LogP) is 2.78. The van der Waals surface area contributed by atoms with Gasteiger partial charge in [-0.2, -0.15) is 0 Å². The third-order valence-electron chi connectivity index (χ3n) is 4.04. The monoisotopic (exact) mass is 262 g/mol. The molecule has 3 heteroatoms. The molecule has 0 radical (unpaired) electrons. The first-order valence-electron chi connectivity index (χ1n) is 7.35. The van der Waals surface area contributed by atoms with E-state index in [1.807, 2.05) is 0 Å². The van der Waals surface area contributed by atoms with Gasteiger partial charge < -0.3 is 10.5 Å². The summed E-state index contributed by atoms with van der Waals surface area (Å²) in [5, 5.41) is 0. The van der Waals surface area contributed by atoms with Crippen LogP contribution in [0, 0.1) is 5.92 Å². The van der Waals surface area contributed by atoms with Crippen LogP contribution < -0.4 is 10.5 Å². The van der Waals surface area contributed by atoms with Gasteiger partial charge in [-0.15, -0.1) is 0 Å². The van der Waals surface area contributed by atoms with E-state index in [9.17, 15) is 0 Å². The second-order valence-electron chi connectivity index (χ2n) is 5.53. The molecule has 1 aliphatic heterocycles. The molecule has 3 nitrogen and oxygen atoms in total. The number of rotatable bonds is 6. The van der Waals surface area contributed by atoms with E-state index in [-0.39, 0.29) is 0 Å². The lowest BCUT2D eigenvalue weighted by molar-refractivity contribution is 0.312. The average Bonchev–Trinajstić information content (AvgIpc) is 2.86. The molecule has 0 amide bonds. The van der Waals surface area contributed by atoms with Gasteiger partial charge >= 0.3 is 0 Å². The number of methoxy groups -OCH3 is 1. The summed E-state index contributed by atoms with van der Waals surface area (Å²) in [5.74, 6) is 1.82. The Morgan fingerprint density at radius 1 is 1.42 bits per heavy atom. The van der Waals surface area contributed by atoms with Gasteiger partial charge in [-0.1, -0.05) is 25.5 Å². The number of nitrogens with two attached hydrogens (primary N) is 1. The first kappa shape index (κ1) is 14.4. The molecule has 2 rings (SSSR count). The van der Waals surface area contributed by atoms with Gasteiger partial charge in [0.1, 0.15) is 5.75 Å². The quantitative estimate of drug-likeness (QED) is 0.856. The van der Waals surface area contributed by atoms with Crippen molar-refractivity contribution < 1.29 is 4.74 Å². The summed E-state index contributed by atoms with van der Waals surface area (Å²) < 4.78 is 5.40. The fraction of sp³-hybridized carbons (Fsp3) is 0.625. The molecule has 0 saturated carbocycles. The maximum atomic E-state index is 5.70. The smallest absolute Gasteiger partial charge is 0.123 e. The highest BCUT2D eigenvalue weighted by molar-refractivity contribution is 5.37. The molecule has 1 atom stereocenters. The minimum Gasteiger partial charge on any atom is -0.496 e. The van der Waals surface area contributed by atoms with Crippen LogP contribution in [-0.2, 0) is 13.1 Å². The minimum atomic E-state index is 0.533. The van der Waals surface area contributed by atoms with E-state index in [2.05, 4.69) is 30.0 Å². The number of nitrogens with zero attached hydrogens (tertiary/aromatic N) is 1. The van der Waals surface area contributed by atoms with Crippen LogP contribution in [0.4, 0.5) is 0 Å². The van der Waals surface area contributed by atoms with Crippen molar-refractivity contribution in [1.82, 2.24) is 4.90 Å². The highest BCUT2D eigenvalue weighted by atomic mass is 16.5. The van der Waals surface area contributed by atoms with Crippen LogP contribution in [-0.4, -0.2) is 25.1 Å².